The summed E-state index contributed by atoms with van der Waals surface area (Å²) in [4.78, 5) is 2.44. The third-order valence-electron chi connectivity index (χ3n) is 5.39. The van der Waals surface area contributed by atoms with Crippen LogP contribution >= 0.6 is 12.4 Å². The fourth-order valence-corrected chi connectivity index (χ4v) is 4.82. The van der Waals surface area contributed by atoms with E-state index < -0.39 is 10.0 Å². The predicted molar refractivity (Wildman–Crippen MR) is 128 cm³/mol. The van der Waals surface area contributed by atoms with Crippen molar-refractivity contribution in [2.45, 2.75) is 11.8 Å². The number of nitrogens with zero attached hydrogens (tertiary/aromatic N) is 4. The number of amidine groups is 1. The molecule has 2 heterocycles. The molecule has 0 amide bonds. The predicted octanol–water partition coefficient (Wildman–Crippen LogP) is 2.25. The van der Waals surface area contributed by atoms with Gasteiger partial charge >= 0.3 is 0 Å². The molecule has 2 aliphatic rings. The van der Waals surface area contributed by atoms with Crippen LogP contribution in [-0.4, -0.2) is 82.0 Å². The monoisotopic (exact) mass is 494 g/mol. The van der Waals surface area contributed by atoms with Crippen molar-refractivity contribution in [2.24, 2.45) is 9.50 Å². The molecular formula is C22H27ClN4O5S. The van der Waals surface area contributed by atoms with Crippen LogP contribution in [0.2, 0.25) is 0 Å². The van der Waals surface area contributed by atoms with Gasteiger partial charge in [0.15, 0.2) is 17.3 Å². The van der Waals surface area contributed by atoms with Crippen LogP contribution in [0, 0.1) is 6.92 Å². The summed E-state index contributed by atoms with van der Waals surface area (Å²) in [6, 6.07) is 10.1. The Balaban J connectivity index is 0.00000306. The topological polar surface area (TPSA) is 104 Å². The molecule has 0 radical (unpaired) electrons. The first-order valence-corrected chi connectivity index (χ1v) is 11.8. The maximum atomic E-state index is 12.6. The zero-order valence-corrected chi connectivity index (χ0v) is 20.1. The fourth-order valence-electron chi connectivity index (χ4n) is 3.63. The average molecular weight is 495 g/mol. The quantitative estimate of drug-likeness (QED) is 0.485. The van der Waals surface area contributed by atoms with Crippen molar-refractivity contribution in [1.82, 2.24) is 9.91 Å². The van der Waals surface area contributed by atoms with Gasteiger partial charge in [0.2, 0.25) is 0 Å². The van der Waals surface area contributed by atoms with Crippen molar-refractivity contribution in [1.29, 1.82) is 0 Å². The number of hydrazone groups is 1. The van der Waals surface area contributed by atoms with Gasteiger partial charge in [-0.15, -0.1) is 16.8 Å². The van der Waals surface area contributed by atoms with E-state index in [9.17, 15) is 13.5 Å². The highest BCUT2D eigenvalue weighted by Gasteiger charge is 2.32. The number of hydrogen-bond acceptors (Lipinski definition) is 8. The van der Waals surface area contributed by atoms with E-state index in [1.54, 1.807) is 35.5 Å². The molecule has 2 aromatic carbocycles. The number of ether oxygens (including phenoxy) is 2. The van der Waals surface area contributed by atoms with Gasteiger partial charge in [0.1, 0.15) is 4.90 Å². The van der Waals surface area contributed by atoms with E-state index in [1.807, 2.05) is 13.0 Å². The number of morpholine rings is 1. The zero-order valence-electron chi connectivity index (χ0n) is 18.5. The summed E-state index contributed by atoms with van der Waals surface area (Å²) < 4.78 is 39.9. The Morgan fingerprint density at radius 2 is 2.00 bits per heavy atom. The van der Waals surface area contributed by atoms with Gasteiger partial charge in [-0.05, 0) is 42.8 Å². The molecule has 9 nitrogen and oxygen atoms in total. The highest BCUT2D eigenvalue weighted by atomic mass is 35.5. The summed E-state index contributed by atoms with van der Waals surface area (Å²) in [6.45, 7) is 6.02. The molecule has 0 aromatic heterocycles. The number of sulfonamides is 1. The minimum absolute atomic E-state index is 0. The number of aryl methyl sites for hydroxylation is 1. The molecule has 0 saturated carbocycles. The highest BCUT2D eigenvalue weighted by Crippen LogP contribution is 2.29. The van der Waals surface area contributed by atoms with E-state index in [-0.39, 0.29) is 23.1 Å². The molecule has 1 saturated heterocycles. The van der Waals surface area contributed by atoms with Gasteiger partial charge in [0.25, 0.3) is 10.0 Å². The first-order valence-electron chi connectivity index (χ1n) is 10.3. The van der Waals surface area contributed by atoms with E-state index in [0.29, 0.717) is 49.0 Å². The molecule has 2 aliphatic heterocycles. The standard InChI is InChI=1S/C22H26N4O5S.ClH/c1-16-3-6-21-18(13-16)22(24-32(21,28)29)26(8-7-25-9-11-31-12-10-25)23-15-17-4-5-19(27)20(14-17)30-2;/h3-6,13-15,27H,7-12H2,1-2H3;1H/b23-15+;. The van der Waals surface area contributed by atoms with Gasteiger partial charge in [-0.2, -0.15) is 13.5 Å². The normalized spacial score (nSPS) is 17.3. The van der Waals surface area contributed by atoms with Gasteiger partial charge in [0, 0.05) is 25.2 Å². The molecular weight excluding hydrogens is 468 g/mol. The lowest BCUT2D eigenvalue weighted by molar-refractivity contribution is 0.0360. The van der Waals surface area contributed by atoms with Crippen molar-refractivity contribution < 1.29 is 23.0 Å². The summed E-state index contributed by atoms with van der Waals surface area (Å²) in [5, 5.41) is 16.0. The molecule has 4 rings (SSSR count). The van der Waals surface area contributed by atoms with E-state index in [0.717, 1.165) is 18.7 Å². The number of hydrogen-bond donors (Lipinski definition) is 1. The van der Waals surface area contributed by atoms with Crippen LogP contribution in [0.15, 0.2) is 50.8 Å². The molecule has 0 spiro atoms. The summed E-state index contributed by atoms with van der Waals surface area (Å²) in [7, 11) is -2.30. The molecule has 33 heavy (non-hydrogen) atoms. The molecule has 0 aliphatic carbocycles. The molecule has 1 N–H and O–H groups in total. The Labute approximate surface area is 199 Å². The van der Waals surface area contributed by atoms with Crippen molar-refractivity contribution in [2.75, 3.05) is 46.5 Å². The van der Waals surface area contributed by atoms with Gasteiger partial charge in [-0.1, -0.05) is 11.6 Å². The van der Waals surface area contributed by atoms with Crippen molar-refractivity contribution in [3.8, 4) is 11.5 Å². The lowest BCUT2D eigenvalue weighted by Gasteiger charge is -2.28. The number of phenols is 1. The van der Waals surface area contributed by atoms with Crippen LogP contribution in [0.5, 0.6) is 11.5 Å². The molecule has 0 bridgehead atoms. The first-order chi connectivity index (χ1) is 15.4. The molecule has 0 unspecified atom stereocenters. The Morgan fingerprint density at radius 1 is 1.24 bits per heavy atom. The molecule has 178 valence electrons. The van der Waals surface area contributed by atoms with Gasteiger partial charge in [0.05, 0.1) is 33.1 Å². The highest BCUT2D eigenvalue weighted by molar-refractivity contribution is 7.90. The van der Waals surface area contributed by atoms with Crippen LogP contribution in [0.4, 0.5) is 0 Å². The number of aromatic hydroxyl groups is 1. The van der Waals surface area contributed by atoms with E-state index >= 15 is 0 Å². The van der Waals surface area contributed by atoms with Crippen molar-refractivity contribution in [3.05, 3.63) is 53.1 Å². The number of rotatable bonds is 6. The number of methoxy groups -OCH3 is 1. The van der Waals surface area contributed by atoms with Crippen molar-refractivity contribution >= 4 is 34.5 Å². The molecule has 1 fully saturated rings. The van der Waals surface area contributed by atoms with Gasteiger partial charge in [-0.25, -0.2) is 5.01 Å². The van der Waals surface area contributed by atoms with Crippen LogP contribution in [0.1, 0.15) is 16.7 Å². The largest absolute Gasteiger partial charge is 0.504 e. The Morgan fingerprint density at radius 3 is 2.73 bits per heavy atom. The summed E-state index contributed by atoms with van der Waals surface area (Å²) >= 11 is 0. The third kappa shape index (κ3) is 5.64. The van der Waals surface area contributed by atoms with Crippen LogP contribution in [0.3, 0.4) is 0 Å². The summed E-state index contributed by atoms with van der Waals surface area (Å²) in [5.41, 5.74) is 2.18. The third-order valence-corrected chi connectivity index (χ3v) is 6.71. The average Bonchev–Trinajstić information content (AvgIpc) is 3.05. The lowest BCUT2D eigenvalue weighted by atomic mass is 10.1. The SMILES string of the molecule is COc1cc(/C=N/N(CCN2CCOCC2)C2=NS(=O)(=O)c3ccc(C)cc32)ccc1O.Cl. The second-order valence-corrected chi connectivity index (χ2v) is 9.22. The first kappa shape index (κ1) is 25.0. The second-order valence-electron chi connectivity index (χ2n) is 7.64. The number of fused-ring (bicyclic) bond motifs is 1. The zero-order chi connectivity index (χ0) is 22.7. The Kier molecular flexibility index (Phi) is 7.96. The lowest BCUT2D eigenvalue weighted by Crippen LogP contribution is -2.41. The van der Waals surface area contributed by atoms with Gasteiger partial charge < -0.3 is 14.6 Å². The fraction of sp³-hybridized carbons (Fsp3) is 0.364. The maximum Gasteiger partial charge on any atom is 0.285 e. The smallest absolute Gasteiger partial charge is 0.285 e. The minimum Gasteiger partial charge on any atom is -0.504 e. The van der Waals surface area contributed by atoms with Gasteiger partial charge in [-0.3, -0.25) is 4.90 Å². The van der Waals surface area contributed by atoms with E-state index in [1.165, 1.54) is 13.2 Å². The summed E-state index contributed by atoms with van der Waals surface area (Å²) in [6.07, 6.45) is 1.60. The minimum atomic E-state index is -3.77. The Bertz CT molecular complexity index is 1160. The second kappa shape index (κ2) is 10.5. The Hall–Kier alpha value is -2.66. The number of halogens is 1. The van der Waals surface area contributed by atoms with Crippen LogP contribution in [-0.2, 0) is 14.8 Å². The number of phenolic OH excluding ortho intramolecular Hbond substituents is 1. The molecule has 0 atom stereocenters. The number of benzene rings is 2. The molecule has 2 aromatic rings. The summed E-state index contributed by atoms with van der Waals surface area (Å²) in [5.74, 6) is 0.666. The van der Waals surface area contributed by atoms with Crippen LogP contribution in [0.25, 0.3) is 0 Å². The van der Waals surface area contributed by atoms with E-state index in [2.05, 4.69) is 14.4 Å². The van der Waals surface area contributed by atoms with E-state index in [4.69, 9.17) is 9.47 Å². The van der Waals surface area contributed by atoms with Crippen LogP contribution < -0.4 is 4.74 Å². The maximum absolute atomic E-state index is 12.6. The van der Waals surface area contributed by atoms with Crippen molar-refractivity contribution in [3.63, 3.8) is 0 Å². The molecule has 11 heteroatoms.